The van der Waals surface area contributed by atoms with Gasteiger partial charge in [0.15, 0.2) is 0 Å². The van der Waals surface area contributed by atoms with Gasteiger partial charge in [-0.05, 0) is 20.8 Å². The number of morpholine rings is 1. The second-order valence-corrected chi connectivity index (χ2v) is 5.42. The van der Waals surface area contributed by atoms with E-state index in [1.54, 1.807) is 11.8 Å². The topological polar surface area (TPSA) is 77.7 Å². The molecule has 1 fully saturated rings. The molecule has 7 nitrogen and oxygen atoms in total. The monoisotopic (exact) mass is 269 g/mol. The van der Waals surface area contributed by atoms with Crippen LogP contribution in [0.1, 0.15) is 38.6 Å². The number of hydrogen-bond acceptors (Lipinski definition) is 6. The molecule has 0 aliphatic carbocycles. The second kappa shape index (κ2) is 5.16. The fourth-order valence-corrected chi connectivity index (χ4v) is 1.79. The van der Waals surface area contributed by atoms with Gasteiger partial charge in [0.25, 0.3) is 0 Å². The minimum absolute atomic E-state index is 0.334. The quantitative estimate of drug-likeness (QED) is 0.772. The first-order chi connectivity index (χ1) is 8.87. The second-order valence-electron chi connectivity index (χ2n) is 5.42. The number of aryl methyl sites for hydroxylation is 1. The molecule has 0 radical (unpaired) electrons. The molecule has 1 amide bonds. The lowest BCUT2D eigenvalue weighted by Crippen LogP contribution is -2.45. The van der Waals surface area contributed by atoms with Gasteiger partial charge < -0.3 is 13.9 Å². The first-order valence-electron chi connectivity index (χ1n) is 6.24. The molecule has 1 unspecified atom stereocenters. The summed E-state index contributed by atoms with van der Waals surface area (Å²) >= 11 is 0. The molecule has 1 atom stereocenters. The Morgan fingerprint density at radius 1 is 1.42 bits per heavy atom. The maximum absolute atomic E-state index is 12.2. The fourth-order valence-electron chi connectivity index (χ4n) is 1.79. The van der Waals surface area contributed by atoms with Crippen LogP contribution in [-0.2, 0) is 9.47 Å². The molecule has 0 N–H and O–H groups in total. The minimum Gasteiger partial charge on any atom is -0.444 e. The third kappa shape index (κ3) is 3.44. The molecule has 0 spiro atoms. The van der Waals surface area contributed by atoms with E-state index < -0.39 is 11.7 Å². The van der Waals surface area contributed by atoms with E-state index in [0.717, 1.165) is 0 Å². The Balaban J connectivity index is 2.14. The van der Waals surface area contributed by atoms with Crippen molar-refractivity contribution < 1.29 is 18.7 Å². The highest BCUT2D eigenvalue weighted by atomic mass is 16.6. The van der Waals surface area contributed by atoms with E-state index in [1.165, 1.54) is 0 Å². The largest absolute Gasteiger partial charge is 0.444 e. The number of carbonyl (C=O) groups is 1. The van der Waals surface area contributed by atoms with Crippen molar-refractivity contribution in [1.29, 1.82) is 0 Å². The van der Waals surface area contributed by atoms with E-state index in [2.05, 4.69) is 10.2 Å². The molecule has 1 aromatic rings. The number of aromatic nitrogens is 2. The normalized spacial score (nSPS) is 20.4. The third-order valence-electron chi connectivity index (χ3n) is 2.58. The van der Waals surface area contributed by atoms with Gasteiger partial charge in [-0.15, -0.1) is 10.2 Å². The van der Waals surface area contributed by atoms with Crippen molar-refractivity contribution >= 4 is 6.09 Å². The highest BCUT2D eigenvalue weighted by Crippen LogP contribution is 2.25. The Labute approximate surface area is 111 Å². The SMILES string of the molecule is Cc1nnc(C2COCCN2C(=O)OC(C)(C)C)o1. The van der Waals surface area contributed by atoms with Gasteiger partial charge >= 0.3 is 6.09 Å². The molecule has 1 aromatic heterocycles. The lowest BCUT2D eigenvalue weighted by molar-refractivity contribution is -0.0392. The predicted octanol–water partition coefficient (Wildman–Crippen LogP) is 1.69. The molecule has 19 heavy (non-hydrogen) atoms. The molecule has 7 heteroatoms. The summed E-state index contributed by atoms with van der Waals surface area (Å²) < 4.78 is 16.1. The average Bonchev–Trinajstić information content (AvgIpc) is 2.73. The van der Waals surface area contributed by atoms with Crippen LogP contribution in [-0.4, -0.2) is 46.6 Å². The van der Waals surface area contributed by atoms with E-state index in [1.807, 2.05) is 20.8 Å². The van der Waals surface area contributed by atoms with Gasteiger partial charge in [-0.1, -0.05) is 0 Å². The number of nitrogens with zero attached hydrogens (tertiary/aromatic N) is 3. The summed E-state index contributed by atoms with van der Waals surface area (Å²) in [4.78, 5) is 13.7. The van der Waals surface area contributed by atoms with Crippen molar-refractivity contribution in [2.24, 2.45) is 0 Å². The molecular weight excluding hydrogens is 250 g/mol. The molecular formula is C12H19N3O4. The van der Waals surface area contributed by atoms with E-state index in [9.17, 15) is 4.79 Å². The number of hydrogen-bond donors (Lipinski definition) is 0. The van der Waals surface area contributed by atoms with Crippen molar-refractivity contribution in [2.45, 2.75) is 39.3 Å². The van der Waals surface area contributed by atoms with Crippen LogP contribution in [0.15, 0.2) is 4.42 Å². The first kappa shape index (κ1) is 13.8. The molecule has 1 aliphatic rings. The standard InChI is InChI=1S/C12H19N3O4/c1-8-13-14-10(18-8)9-7-17-6-5-15(9)11(16)19-12(2,3)4/h9H,5-7H2,1-4H3. The zero-order valence-corrected chi connectivity index (χ0v) is 11.7. The van der Waals surface area contributed by atoms with Crippen LogP contribution in [0.4, 0.5) is 4.79 Å². The van der Waals surface area contributed by atoms with Crippen LogP contribution < -0.4 is 0 Å². The summed E-state index contributed by atoms with van der Waals surface area (Å²) in [5.74, 6) is 0.841. The van der Waals surface area contributed by atoms with Crippen LogP contribution in [0.25, 0.3) is 0 Å². The predicted molar refractivity (Wildman–Crippen MR) is 65.5 cm³/mol. The van der Waals surface area contributed by atoms with Crippen LogP contribution >= 0.6 is 0 Å². The Bertz CT molecular complexity index is 452. The van der Waals surface area contributed by atoms with Crippen molar-refractivity contribution in [3.05, 3.63) is 11.8 Å². The van der Waals surface area contributed by atoms with Crippen LogP contribution in [0, 0.1) is 6.92 Å². The molecule has 0 saturated carbocycles. The summed E-state index contributed by atoms with van der Waals surface area (Å²) in [6, 6.07) is -0.384. The lowest BCUT2D eigenvalue weighted by atomic mass is 10.2. The van der Waals surface area contributed by atoms with Crippen molar-refractivity contribution in [3.63, 3.8) is 0 Å². The van der Waals surface area contributed by atoms with Crippen molar-refractivity contribution in [1.82, 2.24) is 15.1 Å². The maximum Gasteiger partial charge on any atom is 0.411 e. The van der Waals surface area contributed by atoms with Crippen LogP contribution in [0.5, 0.6) is 0 Å². The summed E-state index contributed by atoms with van der Waals surface area (Å²) in [7, 11) is 0. The smallest absolute Gasteiger partial charge is 0.411 e. The third-order valence-corrected chi connectivity index (χ3v) is 2.58. The molecule has 0 bridgehead atoms. The van der Waals surface area contributed by atoms with Crippen LogP contribution in [0.2, 0.25) is 0 Å². The fraction of sp³-hybridized carbons (Fsp3) is 0.750. The van der Waals surface area contributed by atoms with Gasteiger partial charge in [0, 0.05) is 13.5 Å². The average molecular weight is 269 g/mol. The summed E-state index contributed by atoms with van der Waals surface area (Å²) in [6.45, 7) is 8.45. The minimum atomic E-state index is -0.537. The molecule has 1 saturated heterocycles. The number of rotatable bonds is 1. The first-order valence-corrected chi connectivity index (χ1v) is 6.24. The summed E-state index contributed by atoms with van der Waals surface area (Å²) in [5, 5.41) is 7.73. The van der Waals surface area contributed by atoms with Crippen molar-refractivity contribution in [3.8, 4) is 0 Å². The van der Waals surface area contributed by atoms with Gasteiger partial charge in [-0.3, -0.25) is 4.90 Å². The van der Waals surface area contributed by atoms with Gasteiger partial charge in [0.2, 0.25) is 11.8 Å². The Morgan fingerprint density at radius 3 is 2.74 bits per heavy atom. The van der Waals surface area contributed by atoms with E-state index in [0.29, 0.717) is 31.5 Å². The molecule has 0 aromatic carbocycles. The summed E-state index contributed by atoms with van der Waals surface area (Å²) in [5.41, 5.74) is -0.537. The van der Waals surface area contributed by atoms with E-state index in [-0.39, 0.29) is 6.04 Å². The Morgan fingerprint density at radius 2 is 2.16 bits per heavy atom. The Kier molecular flexibility index (Phi) is 3.75. The highest BCUT2D eigenvalue weighted by Gasteiger charge is 2.35. The number of carbonyl (C=O) groups excluding carboxylic acids is 1. The Hall–Kier alpha value is -1.63. The molecule has 2 rings (SSSR count). The zero-order valence-electron chi connectivity index (χ0n) is 11.7. The highest BCUT2D eigenvalue weighted by molar-refractivity contribution is 5.68. The lowest BCUT2D eigenvalue weighted by Gasteiger charge is -2.34. The summed E-state index contributed by atoms with van der Waals surface area (Å²) in [6.07, 6.45) is -0.392. The molecule has 106 valence electrons. The number of ether oxygens (including phenoxy) is 2. The number of amides is 1. The van der Waals surface area contributed by atoms with Gasteiger partial charge in [-0.2, -0.15) is 0 Å². The van der Waals surface area contributed by atoms with Crippen molar-refractivity contribution in [2.75, 3.05) is 19.8 Å². The van der Waals surface area contributed by atoms with E-state index >= 15 is 0 Å². The maximum atomic E-state index is 12.2. The molecule has 1 aliphatic heterocycles. The zero-order chi connectivity index (χ0) is 14.0. The van der Waals surface area contributed by atoms with Crippen LogP contribution in [0.3, 0.4) is 0 Å². The molecule has 2 heterocycles. The van der Waals surface area contributed by atoms with Gasteiger partial charge in [-0.25, -0.2) is 4.79 Å². The van der Waals surface area contributed by atoms with Gasteiger partial charge in [0.1, 0.15) is 11.6 Å². The van der Waals surface area contributed by atoms with E-state index in [4.69, 9.17) is 13.9 Å². The van der Waals surface area contributed by atoms with Gasteiger partial charge in [0.05, 0.1) is 13.2 Å².